The second-order valence-electron chi connectivity index (χ2n) is 7.58. The molecule has 0 aromatic heterocycles. The Balaban J connectivity index is 2.64. The van der Waals surface area contributed by atoms with Crippen LogP contribution >= 0.6 is 46.4 Å². The van der Waals surface area contributed by atoms with Gasteiger partial charge in [-0.05, 0) is 30.5 Å². The zero-order chi connectivity index (χ0) is 24.6. The number of esters is 1. The standard InChI is InChI=1S/C22H27Cl4F3N2O2/c1-15-16(14-33-21(15)32)2-3-18-19(30(8-4-23)9-5-24)12-17(22(27,28)29)13-20(18)31(10-6-25)11-7-26/h12-13,16H,1-11,14H2/t16-/m0/s1. The van der Waals surface area contributed by atoms with Gasteiger partial charge in [-0.1, -0.05) is 6.58 Å². The van der Waals surface area contributed by atoms with E-state index in [0.717, 1.165) is 12.1 Å². The fourth-order valence-corrected chi connectivity index (χ4v) is 4.67. The van der Waals surface area contributed by atoms with Crippen molar-refractivity contribution in [3.05, 3.63) is 35.4 Å². The molecular weight excluding hydrogens is 523 g/mol. The first kappa shape index (κ1) is 28.2. The van der Waals surface area contributed by atoms with Crippen LogP contribution in [0, 0.1) is 5.92 Å². The maximum atomic E-state index is 13.9. The minimum Gasteiger partial charge on any atom is -0.462 e. The molecule has 1 fully saturated rings. The second-order valence-corrected chi connectivity index (χ2v) is 9.09. The lowest BCUT2D eigenvalue weighted by molar-refractivity contribution is -0.137. The predicted molar refractivity (Wildman–Crippen MR) is 131 cm³/mol. The number of ether oxygens (including phenoxy) is 1. The van der Waals surface area contributed by atoms with Crippen LogP contribution in [0.15, 0.2) is 24.3 Å². The zero-order valence-corrected chi connectivity index (χ0v) is 21.1. The molecule has 2 rings (SSSR count). The van der Waals surface area contributed by atoms with E-state index in [-0.39, 0.29) is 36.0 Å². The van der Waals surface area contributed by atoms with Crippen molar-refractivity contribution in [3.63, 3.8) is 0 Å². The predicted octanol–water partition coefficient (Wildman–Crippen LogP) is 5.94. The number of benzene rings is 1. The molecule has 1 atom stereocenters. The van der Waals surface area contributed by atoms with Gasteiger partial charge in [0.05, 0.1) is 12.2 Å². The van der Waals surface area contributed by atoms with Gasteiger partial charge >= 0.3 is 12.1 Å². The molecule has 0 spiro atoms. The number of rotatable bonds is 13. The monoisotopic (exact) mass is 548 g/mol. The van der Waals surface area contributed by atoms with E-state index in [1.807, 2.05) is 0 Å². The molecule has 186 valence electrons. The number of hydrogen-bond donors (Lipinski definition) is 0. The molecule has 0 N–H and O–H groups in total. The summed E-state index contributed by atoms with van der Waals surface area (Å²) >= 11 is 23.9. The van der Waals surface area contributed by atoms with Gasteiger partial charge in [0.25, 0.3) is 0 Å². The van der Waals surface area contributed by atoms with Gasteiger partial charge in [-0.3, -0.25) is 0 Å². The van der Waals surface area contributed by atoms with E-state index < -0.39 is 17.7 Å². The number of anilines is 2. The van der Waals surface area contributed by atoms with Gasteiger partial charge in [0, 0.05) is 72.6 Å². The lowest BCUT2D eigenvalue weighted by atomic mass is 9.92. The smallest absolute Gasteiger partial charge is 0.416 e. The van der Waals surface area contributed by atoms with Crippen LogP contribution < -0.4 is 9.80 Å². The van der Waals surface area contributed by atoms with Crippen molar-refractivity contribution in [2.75, 3.05) is 66.1 Å². The molecule has 0 unspecified atom stereocenters. The van der Waals surface area contributed by atoms with Crippen LogP contribution in [0.3, 0.4) is 0 Å². The molecule has 0 bridgehead atoms. The van der Waals surface area contributed by atoms with Crippen LogP contribution in [0.1, 0.15) is 17.5 Å². The number of carbonyl (C=O) groups excluding carboxylic acids is 1. The van der Waals surface area contributed by atoms with E-state index >= 15 is 0 Å². The van der Waals surface area contributed by atoms with Gasteiger partial charge in [0.2, 0.25) is 0 Å². The Labute approximate surface area is 212 Å². The largest absolute Gasteiger partial charge is 0.462 e. The highest BCUT2D eigenvalue weighted by Crippen LogP contribution is 2.41. The minimum atomic E-state index is -4.55. The average Bonchev–Trinajstić information content (AvgIpc) is 3.08. The average molecular weight is 550 g/mol. The number of alkyl halides is 7. The normalized spacial score (nSPS) is 16.3. The van der Waals surface area contributed by atoms with Crippen LogP contribution in [0.4, 0.5) is 24.5 Å². The third-order valence-electron chi connectivity index (χ3n) is 5.54. The van der Waals surface area contributed by atoms with E-state index in [9.17, 15) is 18.0 Å². The van der Waals surface area contributed by atoms with E-state index in [1.54, 1.807) is 9.80 Å². The van der Waals surface area contributed by atoms with Crippen molar-refractivity contribution >= 4 is 63.7 Å². The van der Waals surface area contributed by atoms with Crippen molar-refractivity contribution < 1.29 is 22.7 Å². The maximum absolute atomic E-state index is 13.9. The molecule has 11 heteroatoms. The summed E-state index contributed by atoms with van der Waals surface area (Å²) in [6.45, 7) is 5.30. The van der Waals surface area contributed by atoms with Crippen molar-refractivity contribution in [3.8, 4) is 0 Å². The first-order chi connectivity index (χ1) is 15.7. The van der Waals surface area contributed by atoms with Gasteiger partial charge in [-0.25, -0.2) is 4.79 Å². The summed E-state index contributed by atoms with van der Waals surface area (Å²) in [5.74, 6) is 0.232. The molecule has 1 aliphatic rings. The van der Waals surface area contributed by atoms with Crippen molar-refractivity contribution in [1.82, 2.24) is 0 Å². The van der Waals surface area contributed by atoms with Crippen LogP contribution in [-0.2, 0) is 22.1 Å². The molecule has 1 heterocycles. The van der Waals surface area contributed by atoms with Crippen LogP contribution in [0.5, 0.6) is 0 Å². The summed E-state index contributed by atoms with van der Waals surface area (Å²) < 4.78 is 46.7. The summed E-state index contributed by atoms with van der Waals surface area (Å²) in [7, 11) is 0. The van der Waals surface area contributed by atoms with Gasteiger partial charge in [0.1, 0.15) is 0 Å². The highest BCUT2D eigenvalue weighted by molar-refractivity contribution is 6.19. The molecule has 1 saturated heterocycles. The number of nitrogens with zero attached hydrogens (tertiary/aromatic N) is 2. The molecule has 1 aromatic carbocycles. The third-order valence-corrected chi connectivity index (χ3v) is 6.22. The Morgan fingerprint density at radius 1 is 0.939 bits per heavy atom. The molecule has 0 saturated carbocycles. The van der Waals surface area contributed by atoms with Gasteiger partial charge in [-0.15, -0.1) is 46.4 Å². The summed E-state index contributed by atoms with van der Waals surface area (Å²) in [5, 5.41) is 0. The van der Waals surface area contributed by atoms with Crippen LogP contribution in [-0.4, -0.2) is 62.3 Å². The number of cyclic esters (lactones) is 1. The highest BCUT2D eigenvalue weighted by Gasteiger charge is 2.35. The molecule has 1 aromatic rings. The molecule has 0 radical (unpaired) electrons. The maximum Gasteiger partial charge on any atom is 0.416 e. The van der Waals surface area contributed by atoms with E-state index in [1.165, 1.54) is 0 Å². The van der Waals surface area contributed by atoms with Crippen molar-refractivity contribution in [2.45, 2.75) is 19.0 Å². The third kappa shape index (κ3) is 7.48. The lowest BCUT2D eigenvalue weighted by Crippen LogP contribution is -2.32. The molecule has 33 heavy (non-hydrogen) atoms. The van der Waals surface area contributed by atoms with Crippen molar-refractivity contribution in [2.24, 2.45) is 5.92 Å². The van der Waals surface area contributed by atoms with E-state index in [4.69, 9.17) is 51.1 Å². The summed E-state index contributed by atoms with van der Waals surface area (Å²) in [6.07, 6.45) is -3.67. The van der Waals surface area contributed by atoms with Gasteiger partial charge < -0.3 is 14.5 Å². The molecule has 4 nitrogen and oxygen atoms in total. The molecular formula is C22H27Cl4F3N2O2. The van der Waals surface area contributed by atoms with E-state index in [2.05, 4.69) is 6.58 Å². The first-order valence-corrected chi connectivity index (χ1v) is 12.7. The van der Waals surface area contributed by atoms with Crippen molar-refractivity contribution in [1.29, 1.82) is 0 Å². The van der Waals surface area contributed by atoms with Gasteiger partial charge in [-0.2, -0.15) is 13.2 Å². The summed E-state index contributed by atoms with van der Waals surface area (Å²) in [5.41, 5.74) is 1.11. The molecule has 0 amide bonds. The minimum absolute atomic E-state index is 0.204. The Kier molecular flexibility index (Phi) is 11.3. The first-order valence-electron chi connectivity index (χ1n) is 10.5. The Morgan fingerprint density at radius 3 is 1.73 bits per heavy atom. The highest BCUT2D eigenvalue weighted by atomic mass is 35.5. The molecule has 0 aliphatic carbocycles. The number of halogens is 7. The van der Waals surface area contributed by atoms with Crippen LogP contribution in [0.25, 0.3) is 0 Å². The number of hydrogen-bond acceptors (Lipinski definition) is 4. The van der Waals surface area contributed by atoms with Gasteiger partial charge in [0.15, 0.2) is 0 Å². The fourth-order valence-electron chi connectivity index (χ4n) is 3.85. The zero-order valence-electron chi connectivity index (χ0n) is 18.1. The summed E-state index contributed by atoms with van der Waals surface area (Å²) in [6, 6.07) is 2.28. The molecule has 1 aliphatic heterocycles. The second kappa shape index (κ2) is 13.2. The summed E-state index contributed by atoms with van der Waals surface area (Å²) in [4.78, 5) is 15.2. The number of carbonyl (C=O) groups is 1. The SMILES string of the molecule is C=C1C(=O)OC[C@@H]1CCc1c(N(CCCl)CCCl)cc(C(F)(F)F)cc1N(CCCl)CCCl. The van der Waals surface area contributed by atoms with E-state index in [0.29, 0.717) is 61.5 Å². The Hall–Kier alpha value is -1.02. The quantitative estimate of drug-likeness (QED) is 0.173. The Morgan fingerprint density at radius 2 is 1.39 bits per heavy atom. The Bertz CT molecular complexity index is 774. The van der Waals surface area contributed by atoms with Crippen LogP contribution in [0.2, 0.25) is 0 Å². The lowest BCUT2D eigenvalue weighted by Gasteiger charge is -2.33. The fraction of sp³-hybridized carbons (Fsp3) is 0.591. The topological polar surface area (TPSA) is 32.8 Å².